The lowest BCUT2D eigenvalue weighted by Gasteiger charge is -2.07. The van der Waals surface area contributed by atoms with Crippen molar-refractivity contribution in [3.05, 3.63) is 71.5 Å². The Morgan fingerprint density at radius 3 is 2.27 bits per heavy atom. The number of hydrogen-bond donors (Lipinski definition) is 1. The summed E-state index contributed by atoms with van der Waals surface area (Å²) in [5.74, 6) is -0.280. The van der Waals surface area contributed by atoms with Crippen LogP contribution in [0.3, 0.4) is 0 Å². The predicted molar refractivity (Wildman–Crippen MR) is 88.0 cm³/mol. The van der Waals surface area contributed by atoms with E-state index in [2.05, 4.69) is 10.4 Å². The minimum Gasteiger partial charge on any atom is -0.321 e. The molecule has 1 N–H and O–H groups in total. The molecule has 22 heavy (non-hydrogen) atoms. The Morgan fingerprint density at radius 1 is 1.05 bits per heavy atom. The van der Waals surface area contributed by atoms with Crippen molar-refractivity contribution in [3.63, 3.8) is 0 Å². The Morgan fingerprint density at radius 2 is 1.68 bits per heavy atom. The first-order valence-corrected chi connectivity index (χ1v) is 7.17. The fraction of sp³-hybridized carbons (Fsp3) is 0.0588. The second kappa shape index (κ2) is 6.03. The van der Waals surface area contributed by atoms with Crippen molar-refractivity contribution < 1.29 is 4.79 Å². The van der Waals surface area contributed by atoms with Crippen LogP contribution in [0.1, 0.15) is 10.5 Å². The highest BCUT2D eigenvalue weighted by Crippen LogP contribution is 2.22. The van der Waals surface area contributed by atoms with E-state index < -0.39 is 0 Å². The molecule has 0 aliphatic heterocycles. The number of carbonyl (C=O) groups is 1. The van der Waals surface area contributed by atoms with Crippen LogP contribution in [0.4, 0.5) is 5.69 Å². The van der Waals surface area contributed by atoms with E-state index in [0.717, 1.165) is 11.1 Å². The van der Waals surface area contributed by atoms with Crippen LogP contribution in [0.25, 0.3) is 11.1 Å². The molecule has 0 aliphatic carbocycles. The maximum atomic E-state index is 12.2. The second-order valence-corrected chi connectivity index (χ2v) is 5.27. The zero-order valence-electron chi connectivity index (χ0n) is 12.0. The molecular weight excluding hydrogens is 298 g/mol. The maximum Gasteiger partial charge on any atom is 0.275 e. The number of nitrogens with one attached hydrogen (secondary N) is 1. The zero-order chi connectivity index (χ0) is 15.5. The van der Waals surface area contributed by atoms with E-state index >= 15 is 0 Å². The normalized spacial score (nSPS) is 10.5. The predicted octanol–water partition coefficient (Wildman–Crippen LogP) is 3.99. The molecular formula is C17H14ClN3O. The van der Waals surface area contributed by atoms with Crippen molar-refractivity contribution >= 4 is 23.2 Å². The lowest BCUT2D eigenvalue weighted by atomic mass is 10.1. The molecule has 1 aromatic heterocycles. The topological polar surface area (TPSA) is 46.9 Å². The highest BCUT2D eigenvalue weighted by Gasteiger charge is 2.15. The molecule has 0 saturated carbocycles. The van der Waals surface area contributed by atoms with Gasteiger partial charge in [-0.1, -0.05) is 54.1 Å². The van der Waals surface area contributed by atoms with Crippen molar-refractivity contribution in [1.29, 1.82) is 0 Å². The fourth-order valence-electron chi connectivity index (χ4n) is 2.23. The summed E-state index contributed by atoms with van der Waals surface area (Å²) in [6.07, 6.45) is 1.45. The molecule has 0 spiro atoms. The first-order valence-electron chi connectivity index (χ1n) is 6.79. The van der Waals surface area contributed by atoms with Crippen LogP contribution in [0.2, 0.25) is 5.02 Å². The van der Waals surface area contributed by atoms with Gasteiger partial charge in [0.15, 0.2) is 0 Å². The molecule has 0 saturated heterocycles. The third-order valence-corrected chi connectivity index (χ3v) is 3.64. The number of nitrogens with zero attached hydrogens (tertiary/aromatic N) is 2. The van der Waals surface area contributed by atoms with Gasteiger partial charge in [0, 0.05) is 12.7 Å². The fourth-order valence-corrected chi connectivity index (χ4v) is 2.48. The molecule has 0 aliphatic rings. The van der Waals surface area contributed by atoms with Gasteiger partial charge in [0.2, 0.25) is 0 Å². The number of aryl methyl sites for hydroxylation is 1. The van der Waals surface area contributed by atoms with Gasteiger partial charge < -0.3 is 5.32 Å². The molecule has 4 nitrogen and oxygen atoms in total. The van der Waals surface area contributed by atoms with E-state index in [1.54, 1.807) is 7.05 Å². The Kier molecular flexibility index (Phi) is 3.94. The number of carbonyl (C=O) groups excluding carboxylic acids is 1. The van der Waals surface area contributed by atoms with E-state index in [1.807, 2.05) is 54.6 Å². The number of anilines is 1. The molecule has 1 heterocycles. The number of hydrogen-bond acceptors (Lipinski definition) is 2. The van der Waals surface area contributed by atoms with Crippen molar-refractivity contribution in [2.45, 2.75) is 0 Å². The van der Waals surface area contributed by atoms with Crippen LogP contribution in [-0.2, 0) is 7.05 Å². The van der Waals surface area contributed by atoms with Gasteiger partial charge in [0.25, 0.3) is 5.91 Å². The summed E-state index contributed by atoms with van der Waals surface area (Å²) in [6.45, 7) is 0. The van der Waals surface area contributed by atoms with Crippen LogP contribution in [-0.4, -0.2) is 15.7 Å². The first-order chi connectivity index (χ1) is 10.6. The third kappa shape index (κ3) is 2.87. The van der Waals surface area contributed by atoms with Crippen molar-refractivity contribution in [2.24, 2.45) is 7.05 Å². The molecule has 1 amide bonds. The van der Waals surface area contributed by atoms with E-state index in [-0.39, 0.29) is 5.91 Å². The zero-order valence-corrected chi connectivity index (χ0v) is 12.7. The molecule has 5 heteroatoms. The quantitative estimate of drug-likeness (QED) is 0.795. The Bertz CT molecular complexity index is 775. The van der Waals surface area contributed by atoms with Gasteiger partial charge in [-0.05, 0) is 23.3 Å². The summed E-state index contributed by atoms with van der Waals surface area (Å²) < 4.78 is 1.45. The van der Waals surface area contributed by atoms with Gasteiger partial charge in [-0.25, -0.2) is 0 Å². The number of rotatable bonds is 3. The molecule has 0 bridgehead atoms. The van der Waals surface area contributed by atoms with Crippen LogP contribution < -0.4 is 5.32 Å². The van der Waals surface area contributed by atoms with E-state index in [4.69, 9.17) is 11.6 Å². The lowest BCUT2D eigenvalue weighted by molar-refractivity contribution is 0.101. The second-order valence-electron chi connectivity index (χ2n) is 4.86. The standard InChI is InChI=1S/C17H14ClN3O/c1-21-16(15(18)11-19-21)17(22)20-14-9-7-13(8-10-14)12-5-3-2-4-6-12/h2-11H,1H3,(H,20,22). The first kappa shape index (κ1) is 14.4. The molecule has 3 rings (SSSR count). The third-order valence-electron chi connectivity index (χ3n) is 3.36. The van der Waals surface area contributed by atoms with Crippen LogP contribution in [0.15, 0.2) is 60.8 Å². The largest absolute Gasteiger partial charge is 0.321 e. The SMILES string of the molecule is Cn1ncc(Cl)c1C(=O)Nc1ccc(-c2ccccc2)cc1. The van der Waals surface area contributed by atoms with Gasteiger partial charge >= 0.3 is 0 Å². The monoisotopic (exact) mass is 311 g/mol. The number of aromatic nitrogens is 2. The van der Waals surface area contributed by atoms with E-state index in [0.29, 0.717) is 16.4 Å². The Hall–Kier alpha value is -2.59. The van der Waals surface area contributed by atoms with Crippen molar-refractivity contribution in [1.82, 2.24) is 9.78 Å². The molecule has 2 aromatic carbocycles. The highest BCUT2D eigenvalue weighted by atomic mass is 35.5. The summed E-state index contributed by atoms with van der Waals surface area (Å²) in [5.41, 5.74) is 3.28. The average Bonchev–Trinajstić information content (AvgIpc) is 2.88. The summed E-state index contributed by atoms with van der Waals surface area (Å²) >= 11 is 5.97. The van der Waals surface area contributed by atoms with E-state index in [1.165, 1.54) is 10.9 Å². The smallest absolute Gasteiger partial charge is 0.275 e. The molecule has 0 fully saturated rings. The van der Waals surface area contributed by atoms with Crippen molar-refractivity contribution in [3.8, 4) is 11.1 Å². The molecule has 0 atom stereocenters. The highest BCUT2D eigenvalue weighted by molar-refractivity contribution is 6.34. The molecule has 3 aromatic rings. The Labute approximate surface area is 133 Å². The maximum absolute atomic E-state index is 12.2. The number of halogens is 1. The summed E-state index contributed by atoms with van der Waals surface area (Å²) in [5, 5.41) is 7.11. The average molecular weight is 312 g/mol. The van der Waals surface area contributed by atoms with Crippen molar-refractivity contribution in [2.75, 3.05) is 5.32 Å². The van der Waals surface area contributed by atoms with Gasteiger partial charge in [0.1, 0.15) is 5.69 Å². The van der Waals surface area contributed by atoms with Gasteiger partial charge in [-0.15, -0.1) is 0 Å². The van der Waals surface area contributed by atoms with Gasteiger partial charge in [-0.2, -0.15) is 5.10 Å². The Balaban J connectivity index is 1.78. The summed E-state index contributed by atoms with van der Waals surface area (Å²) in [6, 6.07) is 17.7. The van der Waals surface area contributed by atoms with Crippen LogP contribution in [0, 0.1) is 0 Å². The molecule has 110 valence electrons. The minimum atomic E-state index is -0.280. The number of amides is 1. The minimum absolute atomic E-state index is 0.280. The number of benzene rings is 2. The lowest BCUT2D eigenvalue weighted by Crippen LogP contribution is -2.16. The van der Waals surface area contributed by atoms with Gasteiger partial charge in [-0.3, -0.25) is 9.48 Å². The van der Waals surface area contributed by atoms with Gasteiger partial charge in [0.05, 0.1) is 11.2 Å². The van der Waals surface area contributed by atoms with E-state index in [9.17, 15) is 4.79 Å². The summed E-state index contributed by atoms with van der Waals surface area (Å²) in [7, 11) is 1.68. The molecule has 0 radical (unpaired) electrons. The summed E-state index contributed by atoms with van der Waals surface area (Å²) in [4.78, 5) is 12.2. The molecule has 0 unspecified atom stereocenters. The van der Waals surface area contributed by atoms with Crippen LogP contribution >= 0.6 is 11.6 Å². The van der Waals surface area contributed by atoms with Crippen LogP contribution in [0.5, 0.6) is 0 Å².